The molecule has 0 saturated carbocycles. The minimum Gasteiger partial charge on any atom is -0.360 e. The van der Waals surface area contributed by atoms with Gasteiger partial charge in [0.15, 0.2) is 5.76 Å². The molecule has 1 spiro atoms. The fourth-order valence-electron chi connectivity index (χ4n) is 4.80. The van der Waals surface area contributed by atoms with Crippen LogP contribution in [0.15, 0.2) is 47.1 Å². The topological polar surface area (TPSA) is 75.9 Å². The van der Waals surface area contributed by atoms with E-state index in [0.29, 0.717) is 23.6 Å². The monoisotopic (exact) mass is 397 g/mol. The second kappa shape index (κ2) is 6.25. The molecule has 3 aliphatic rings. The molecule has 0 radical (unpaired) electrons. The average Bonchev–Trinajstić information content (AvgIpc) is 3.44. The molecule has 2 bridgehead atoms. The first-order valence-electron chi connectivity index (χ1n) is 9.49. The normalized spacial score (nSPS) is 29.6. The second-order valence-corrected chi connectivity index (χ2v) is 7.93. The Morgan fingerprint density at radius 3 is 2.97 bits per heavy atom. The summed E-state index contributed by atoms with van der Waals surface area (Å²) >= 11 is 0. The van der Waals surface area contributed by atoms with Crippen molar-refractivity contribution in [3.63, 3.8) is 0 Å². The zero-order chi connectivity index (χ0) is 20.3. The van der Waals surface area contributed by atoms with E-state index in [0.717, 1.165) is 0 Å². The highest BCUT2D eigenvalue weighted by Gasteiger charge is 2.67. The van der Waals surface area contributed by atoms with Crippen LogP contribution in [0, 0.1) is 24.6 Å². The number of nitrogens with zero attached hydrogens (tertiary/aromatic N) is 3. The summed E-state index contributed by atoms with van der Waals surface area (Å²) in [5.41, 5.74) is 0.482. The summed E-state index contributed by atoms with van der Waals surface area (Å²) in [6.07, 6.45) is 4.87. The maximum absolute atomic E-state index is 13.5. The Kier molecular flexibility index (Phi) is 3.89. The first-order chi connectivity index (χ1) is 13.9. The van der Waals surface area contributed by atoms with Crippen LogP contribution in [0.5, 0.6) is 0 Å². The molecule has 0 unspecified atom stereocenters. The van der Waals surface area contributed by atoms with Crippen molar-refractivity contribution in [3.8, 4) is 0 Å². The van der Waals surface area contributed by atoms with E-state index in [9.17, 15) is 14.0 Å². The molecule has 5 rings (SSSR count). The Hall–Kier alpha value is -3.00. The number of hydrogen-bond donors (Lipinski definition) is 0. The zero-order valence-corrected chi connectivity index (χ0v) is 16.0. The van der Waals surface area contributed by atoms with E-state index >= 15 is 0 Å². The van der Waals surface area contributed by atoms with Gasteiger partial charge in [-0.2, -0.15) is 0 Å². The first kappa shape index (κ1) is 18.1. The van der Waals surface area contributed by atoms with Crippen LogP contribution in [0.25, 0.3) is 0 Å². The molecule has 4 atom stereocenters. The molecule has 7 nitrogen and oxygen atoms in total. The molecular weight excluding hydrogens is 377 g/mol. The molecule has 150 valence electrons. The number of aryl methyl sites for hydroxylation is 1. The maximum atomic E-state index is 13.5. The van der Waals surface area contributed by atoms with Gasteiger partial charge in [0.2, 0.25) is 11.8 Å². The lowest BCUT2D eigenvalue weighted by Gasteiger charge is -2.27. The fourth-order valence-corrected chi connectivity index (χ4v) is 4.80. The third-order valence-corrected chi connectivity index (χ3v) is 6.10. The van der Waals surface area contributed by atoms with Crippen LogP contribution in [-0.4, -0.2) is 47.2 Å². The van der Waals surface area contributed by atoms with Gasteiger partial charge in [0.05, 0.1) is 37.2 Å². The van der Waals surface area contributed by atoms with Crippen LogP contribution in [0.4, 0.5) is 10.1 Å². The first-order valence-corrected chi connectivity index (χ1v) is 9.49. The number of rotatable bonds is 4. The summed E-state index contributed by atoms with van der Waals surface area (Å²) in [7, 11) is 1.68. The standard InChI is InChI=1S/C21H20FN3O4/c1-12-9-13(22)3-4-15(12)25-11-21-7-5-16(28-21)17(18(21)20(25)27)19(26)24(2)10-14-6-8-23-29-14/h3-9,16-18H,10-11H2,1-2H3/t16-,17+,18+,21-/m0/s1. The van der Waals surface area contributed by atoms with Crippen molar-refractivity contribution < 1.29 is 23.2 Å². The number of ether oxygens (including phenoxy) is 1. The Morgan fingerprint density at radius 1 is 1.41 bits per heavy atom. The van der Waals surface area contributed by atoms with Crippen LogP contribution < -0.4 is 4.90 Å². The summed E-state index contributed by atoms with van der Waals surface area (Å²) in [6.45, 7) is 2.34. The van der Waals surface area contributed by atoms with E-state index in [2.05, 4.69) is 5.16 Å². The summed E-state index contributed by atoms with van der Waals surface area (Å²) in [6, 6.07) is 6.03. The highest BCUT2D eigenvalue weighted by atomic mass is 19.1. The number of benzene rings is 1. The molecule has 2 aromatic rings. The zero-order valence-electron chi connectivity index (χ0n) is 16.0. The molecule has 1 aromatic heterocycles. The van der Waals surface area contributed by atoms with Gasteiger partial charge >= 0.3 is 0 Å². The van der Waals surface area contributed by atoms with E-state index in [-0.39, 0.29) is 24.2 Å². The van der Waals surface area contributed by atoms with Gasteiger partial charge in [-0.3, -0.25) is 9.59 Å². The Bertz CT molecular complexity index is 1020. The van der Waals surface area contributed by atoms with Crippen molar-refractivity contribution in [3.05, 3.63) is 59.8 Å². The third kappa shape index (κ3) is 2.62. The molecule has 2 fully saturated rings. The quantitative estimate of drug-likeness (QED) is 0.739. The summed E-state index contributed by atoms with van der Waals surface area (Å²) in [5, 5.41) is 3.66. The summed E-state index contributed by atoms with van der Waals surface area (Å²) in [4.78, 5) is 29.8. The van der Waals surface area contributed by atoms with Gasteiger partial charge in [0.25, 0.3) is 0 Å². The summed E-state index contributed by atoms with van der Waals surface area (Å²) in [5.74, 6) is -1.34. The molecule has 1 aromatic carbocycles. The van der Waals surface area contributed by atoms with Gasteiger partial charge in [-0.15, -0.1) is 0 Å². The molecule has 4 heterocycles. The van der Waals surface area contributed by atoms with Crippen molar-refractivity contribution in [1.82, 2.24) is 10.1 Å². The van der Waals surface area contributed by atoms with Crippen LogP contribution in [0.2, 0.25) is 0 Å². The molecule has 29 heavy (non-hydrogen) atoms. The van der Waals surface area contributed by atoms with Gasteiger partial charge in [-0.1, -0.05) is 17.3 Å². The lowest BCUT2D eigenvalue weighted by molar-refractivity contribution is -0.139. The minimum absolute atomic E-state index is 0.169. The third-order valence-electron chi connectivity index (χ3n) is 6.10. The number of carbonyl (C=O) groups is 2. The largest absolute Gasteiger partial charge is 0.360 e. The number of anilines is 1. The number of carbonyl (C=O) groups excluding carboxylic acids is 2. The van der Waals surface area contributed by atoms with Crippen LogP contribution in [-0.2, 0) is 20.9 Å². The van der Waals surface area contributed by atoms with Crippen molar-refractivity contribution in [2.45, 2.75) is 25.2 Å². The Balaban J connectivity index is 1.44. The highest BCUT2D eigenvalue weighted by molar-refractivity contribution is 6.03. The van der Waals surface area contributed by atoms with Crippen molar-refractivity contribution in [2.24, 2.45) is 11.8 Å². The molecule has 8 heteroatoms. The number of halogens is 1. The molecule has 2 amide bonds. The van der Waals surface area contributed by atoms with Crippen molar-refractivity contribution >= 4 is 17.5 Å². The van der Waals surface area contributed by atoms with Gasteiger partial charge in [-0.05, 0) is 30.7 Å². The Labute approximate surface area is 166 Å². The molecular formula is C21H20FN3O4. The highest BCUT2D eigenvalue weighted by Crippen LogP contribution is 2.53. The van der Waals surface area contributed by atoms with Crippen LogP contribution in [0.1, 0.15) is 11.3 Å². The number of hydrogen-bond acceptors (Lipinski definition) is 5. The van der Waals surface area contributed by atoms with E-state index < -0.39 is 23.5 Å². The minimum atomic E-state index is -0.823. The van der Waals surface area contributed by atoms with Gasteiger partial charge < -0.3 is 19.1 Å². The van der Waals surface area contributed by atoms with Gasteiger partial charge in [-0.25, -0.2) is 4.39 Å². The molecule has 2 saturated heterocycles. The molecule has 0 N–H and O–H groups in total. The molecule has 3 aliphatic heterocycles. The van der Waals surface area contributed by atoms with Gasteiger partial charge in [0.1, 0.15) is 11.4 Å². The average molecular weight is 397 g/mol. The number of fused-ring (bicyclic) bond motifs is 1. The maximum Gasteiger partial charge on any atom is 0.234 e. The predicted octanol–water partition coefficient (Wildman–Crippen LogP) is 2.07. The van der Waals surface area contributed by atoms with E-state index in [4.69, 9.17) is 9.26 Å². The number of aromatic nitrogens is 1. The van der Waals surface area contributed by atoms with E-state index in [1.165, 1.54) is 23.2 Å². The van der Waals surface area contributed by atoms with E-state index in [1.807, 2.05) is 12.2 Å². The predicted molar refractivity (Wildman–Crippen MR) is 100 cm³/mol. The summed E-state index contributed by atoms with van der Waals surface area (Å²) < 4.78 is 24.8. The fraction of sp³-hybridized carbons (Fsp3) is 0.381. The number of amides is 2. The Morgan fingerprint density at radius 2 is 2.24 bits per heavy atom. The lowest BCUT2D eigenvalue weighted by atomic mass is 9.76. The lowest BCUT2D eigenvalue weighted by Crippen LogP contribution is -2.44. The van der Waals surface area contributed by atoms with Gasteiger partial charge in [0, 0.05) is 18.8 Å². The SMILES string of the molecule is Cc1cc(F)ccc1N1C[C@]23C=C[C@H](O2)[C@@H](C(=O)N(C)Cc2ccno2)[C@@H]3C1=O. The molecule has 0 aliphatic carbocycles. The van der Waals surface area contributed by atoms with E-state index in [1.54, 1.807) is 31.0 Å². The smallest absolute Gasteiger partial charge is 0.234 e. The van der Waals surface area contributed by atoms with Crippen molar-refractivity contribution in [2.75, 3.05) is 18.5 Å². The second-order valence-electron chi connectivity index (χ2n) is 7.93. The van der Waals surface area contributed by atoms with Crippen LogP contribution >= 0.6 is 0 Å². The van der Waals surface area contributed by atoms with Crippen molar-refractivity contribution in [1.29, 1.82) is 0 Å². The van der Waals surface area contributed by atoms with Crippen LogP contribution in [0.3, 0.4) is 0 Å².